The smallest absolute Gasteiger partial charge is 0.163 e. The summed E-state index contributed by atoms with van der Waals surface area (Å²) in [5.74, 6) is -0.187. The highest BCUT2D eigenvalue weighted by Gasteiger charge is 2.07. The molecule has 12 heavy (non-hydrogen) atoms. The summed E-state index contributed by atoms with van der Waals surface area (Å²) < 4.78 is 0. The molecule has 2 nitrogen and oxygen atoms in total. The number of phenolic OH excluding ortho intramolecular Hbond substituents is 1. The first-order chi connectivity index (χ1) is 5.52. The van der Waals surface area contributed by atoms with E-state index in [1.165, 1.54) is 19.1 Å². The Morgan fingerprint density at radius 1 is 1.50 bits per heavy atom. The van der Waals surface area contributed by atoms with E-state index >= 15 is 0 Å². The van der Waals surface area contributed by atoms with E-state index in [-0.39, 0.29) is 17.1 Å². The first-order valence-corrected chi connectivity index (χ1v) is 3.62. The fourth-order valence-electron chi connectivity index (χ4n) is 0.991. The Balaban J connectivity index is 3.33. The van der Waals surface area contributed by atoms with Gasteiger partial charge >= 0.3 is 0 Å². The summed E-state index contributed by atoms with van der Waals surface area (Å²) in [6.07, 6.45) is 0. The maximum absolute atomic E-state index is 10.9. The molecular weight excluding hydrogens is 151 g/mol. The van der Waals surface area contributed by atoms with Gasteiger partial charge in [0.15, 0.2) is 5.78 Å². The number of hydrogen-bond acceptors (Lipinski definition) is 2. The average Bonchev–Trinajstić information content (AvgIpc) is 1.96. The lowest BCUT2D eigenvalue weighted by molar-refractivity contribution is 0.101. The second kappa shape index (κ2) is 3.01. The van der Waals surface area contributed by atoms with Crippen molar-refractivity contribution in [2.75, 3.05) is 0 Å². The highest BCUT2D eigenvalue weighted by molar-refractivity contribution is 6.33. The van der Waals surface area contributed by atoms with Crippen LogP contribution in [0.15, 0.2) is 12.1 Å². The van der Waals surface area contributed by atoms with Gasteiger partial charge in [-0.25, -0.2) is 0 Å². The molecule has 0 aliphatic heterocycles. The molecule has 0 aliphatic rings. The number of Topliss-reactive ketones (excluding diaryl/α,β-unsaturated/α-hetero) is 1. The number of rotatable bonds is 1. The van der Waals surface area contributed by atoms with Crippen LogP contribution in [0, 0.1) is 6.92 Å². The molecule has 0 saturated carbocycles. The van der Waals surface area contributed by atoms with Crippen LogP contribution in [0.4, 0.5) is 0 Å². The highest BCUT2D eigenvalue weighted by atomic mass is 16.3. The third-order valence-electron chi connectivity index (χ3n) is 1.76. The second-order valence-electron chi connectivity index (χ2n) is 2.78. The molecule has 0 spiro atoms. The number of aryl methyl sites for hydroxylation is 1. The van der Waals surface area contributed by atoms with Crippen LogP contribution in [0.1, 0.15) is 22.8 Å². The Hall–Kier alpha value is -1.25. The van der Waals surface area contributed by atoms with Gasteiger partial charge in [-0.1, -0.05) is 17.1 Å². The molecule has 0 unspecified atom stereocenters. The Kier molecular flexibility index (Phi) is 2.22. The molecule has 1 rings (SSSR count). The fraction of sp³-hybridized carbons (Fsp3) is 0.222. The van der Waals surface area contributed by atoms with Crippen molar-refractivity contribution in [1.82, 2.24) is 0 Å². The van der Waals surface area contributed by atoms with Crippen molar-refractivity contribution in [3.63, 3.8) is 0 Å². The van der Waals surface area contributed by atoms with E-state index in [0.29, 0.717) is 5.46 Å². The molecule has 1 aromatic carbocycles. The molecule has 0 amide bonds. The van der Waals surface area contributed by atoms with Gasteiger partial charge in [0.1, 0.15) is 13.6 Å². The molecule has 0 saturated heterocycles. The van der Waals surface area contributed by atoms with E-state index in [1.54, 1.807) is 6.92 Å². The summed E-state index contributed by atoms with van der Waals surface area (Å²) in [5, 5.41) is 9.31. The zero-order valence-corrected chi connectivity index (χ0v) is 7.09. The van der Waals surface area contributed by atoms with Crippen molar-refractivity contribution in [3.8, 4) is 5.75 Å². The Bertz CT molecular complexity index is 332. The van der Waals surface area contributed by atoms with Crippen molar-refractivity contribution >= 4 is 19.1 Å². The largest absolute Gasteiger partial charge is 0.507 e. The standard InChI is InChI=1S/C9H9BO2/c1-5-3-9(12)7(6(2)11)4-8(5)10/h3-4,12H,1-2H3. The highest BCUT2D eigenvalue weighted by Crippen LogP contribution is 2.16. The van der Waals surface area contributed by atoms with Crippen LogP contribution in [0.5, 0.6) is 5.75 Å². The predicted molar refractivity (Wildman–Crippen MR) is 48.2 cm³/mol. The normalized spacial score (nSPS) is 9.83. The molecule has 0 heterocycles. The van der Waals surface area contributed by atoms with Gasteiger partial charge in [-0.15, -0.1) is 0 Å². The van der Waals surface area contributed by atoms with Crippen molar-refractivity contribution in [1.29, 1.82) is 0 Å². The molecular formula is C9H9BO2. The Labute approximate surface area is 72.6 Å². The zero-order chi connectivity index (χ0) is 9.30. The molecule has 3 heteroatoms. The van der Waals surface area contributed by atoms with Gasteiger partial charge in [-0.2, -0.15) is 0 Å². The SMILES string of the molecule is [B]c1cc(C(C)=O)c(O)cc1C. The minimum atomic E-state index is -0.181. The van der Waals surface area contributed by atoms with Crippen LogP contribution in [-0.2, 0) is 0 Å². The lowest BCUT2D eigenvalue weighted by Crippen LogP contribution is -2.09. The first kappa shape index (κ1) is 8.85. The molecule has 60 valence electrons. The zero-order valence-electron chi connectivity index (χ0n) is 7.09. The van der Waals surface area contributed by atoms with Crippen LogP contribution >= 0.6 is 0 Å². The van der Waals surface area contributed by atoms with E-state index in [4.69, 9.17) is 7.85 Å². The molecule has 0 aliphatic carbocycles. The number of phenols is 1. The third kappa shape index (κ3) is 1.50. The van der Waals surface area contributed by atoms with Crippen LogP contribution < -0.4 is 5.46 Å². The minimum Gasteiger partial charge on any atom is -0.507 e. The van der Waals surface area contributed by atoms with E-state index in [2.05, 4.69) is 0 Å². The molecule has 0 aromatic heterocycles. The van der Waals surface area contributed by atoms with E-state index in [0.717, 1.165) is 5.56 Å². The monoisotopic (exact) mass is 160 g/mol. The van der Waals surface area contributed by atoms with Gasteiger partial charge in [0.2, 0.25) is 0 Å². The van der Waals surface area contributed by atoms with Crippen molar-refractivity contribution in [3.05, 3.63) is 23.3 Å². The maximum atomic E-state index is 10.9. The molecule has 2 radical (unpaired) electrons. The van der Waals surface area contributed by atoms with Gasteiger partial charge in [-0.3, -0.25) is 4.79 Å². The van der Waals surface area contributed by atoms with Crippen molar-refractivity contribution in [2.45, 2.75) is 13.8 Å². The quantitative estimate of drug-likeness (QED) is 0.484. The van der Waals surface area contributed by atoms with Crippen LogP contribution in [0.2, 0.25) is 0 Å². The lowest BCUT2D eigenvalue weighted by atomic mass is 9.88. The van der Waals surface area contributed by atoms with E-state index in [9.17, 15) is 9.90 Å². The summed E-state index contributed by atoms with van der Waals surface area (Å²) in [7, 11) is 5.56. The van der Waals surface area contributed by atoms with Gasteiger partial charge in [0.05, 0.1) is 5.56 Å². The van der Waals surface area contributed by atoms with Crippen LogP contribution in [0.25, 0.3) is 0 Å². The van der Waals surface area contributed by atoms with Crippen LogP contribution in [-0.4, -0.2) is 18.7 Å². The van der Waals surface area contributed by atoms with Gasteiger partial charge in [0.25, 0.3) is 0 Å². The third-order valence-corrected chi connectivity index (χ3v) is 1.76. The Morgan fingerprint density at radius 3 is 2.58 bits per heavy atom. The number of ketones is 1. The number of aromatic hydroxyl groups is 1. The summed E-state index contributed by atoms with van der Waals surface area (Å²) in [6.45, 7) is 3.17. The number of carbonyl (C=O) groups excluding carboxylic acids is 1. The average molecular weight is 160 g/mol. The van der Waals surface area contributed by atoms with Gasteiger partial charge in [-0.05, 0) is 19.9 Å². The molecule has 1 aromatic rings. The number of benzene rings is 1. The van der Waals surface area contributed by atoms with Gasteiger partial charge < -0.3 is 5.11 Å². The molecule has 0 bridgehead atoms. The Morgan fingerprint density at radius 2 is 2.08 bits per heavy atom. The summed E-state index contributed by atoms with van der Waals surface area (Å²) in [4.78, 5) is 10.9. The second-order valence-corrected chi connectivity index (χ2v) is 2.78. The lowest BCUT2D eigenvalue weighted by Gasteiger charge is -2.05. The van der Waals surface area contributed by atoms with E-state index < -0.39 is 0 Å². The summed E-state index contributed by atoms with van der Waals surface area (Å²) in [5.41, 5.74) is 1.58. The topological polar surface area (TPSA) is 37.3 Å². The fourth-order valence-corrected chi connectivity index (χ4v) is 0.991. The minimum absolute atomic E-state index is 0.00537. The molecule has 0 fully saturated rings. The first-order valence-electron chi connectivity index (χ1n) is 3.62. The number of carbonyl (C=O) groups is 1. The summed E-state index contributed by atoms with van der Waals surface area (Å²) in [6, 6.07) is 2.99. The predicted octanol–water partition coefficient (Wildman–Crippen LogP) is 0.697. The molecule has 1 N–H and O–H groups in total. The number of hydrogen-bond donors (Lipinski definition) is 1. The van der Waals surface area contributed by atoms with Crippen molar-refractivity contribution < 1.29 is 9.90 Å². The maximum Gasteiger partial charge on any atom is 0.163 e. The van der Waals surface area contributed by atoms with Crippen LogP contribution in [0.3, 0.4) is 0 Å². The molecule has 0 atom stereocenters. The van der Waals surface area contributed by atoms with Crippen molar-refractivity contribution in [2.24, 2.45) is 0 Å². The van der Waals surface area contributed by atoms with Gasteiger partial charge in [0, 0.05) is 0 Å². The van der Waals surface area contributed by atoms with E-state index in [1.807, 2.05) is 0 Å². The summed E-state index contributed by atoms with van der Waals surface area (Å²) >= 11 is 0.